The first kappa shape index (κ1) is 21.6. The number of nitrogens with zero attached hydrogens (tertiary/aromatic N) is 2. The Balaban J connectivity index is 1.37. The third-order valence-corrected chi connectivity index (χ3v) is 5.94. The molecule has 1 unspecified atom stereocenters. The van der Waals surface area contributed by atoms with E-state index in [1.165, 1.54) is 11.3 Å². The Morgan fingerprint density at radius 2 is 1.97 bits per heavy atom. The molecule has 3 rings (SSSR count). The number of likely N-dealkylation sites (tertiary alicyclic amines) is 1. The van der Waals surface area contributed by atoms with Gasteiger partial charge in [0.2, 0.25) is 0 Å². The molecule has 160 valence electrons. The Labute approximate surface area is 177 Å². The number of hydrogen-bond acceptors (Lipinski definition) is 4. The van der Waals surface area contributed by atoms with Crippen molar-refractivity contribution in [2.45, 2.75) is 39.2 Å². The van der Waals surface area contributed by atoms with Crippen LogP contribution in [0.25, 0.3) is 0 Å². The van der Waals surface area contributed by atoms with Gasteiger partial charge in [0.25, 0.3) is 0 Å². The van der Waals surface area contributed by atoms with Crippen LogP contribution >= 0.6 is 11.6 Å². The van der Waals surface area contributed by atoms with Crippen LogP contribution in [0.15, 0.2) is 18.2 Å². The van der Waals surface area contributed by atoms with E-state index in [1.54, 1.807) is 11.8 Å². The van der Waals surface area contributed by atoms with Crippen molar-refractivity contribution in [3.05, 3.63) is 28.8 Å². The molecule has 29 heavy (non-hydrogen) atoms. The maximum absolute atomic E-state index is 12.3. The lowest BCUT2D eigenvalue weighted by atomic mass is 10.1. The lowest BCUT2D eigenvalue weighted by Gasteiger charge is -2.31. The molecular weight excluding hydrogens is 392 g/mol. The van der Waals surface area contributed by atoms with Crippen LogP contribution in [0.5, 0.6) is 0 Å². The third-order valence-electron chi connectivity index (χ3n) is 5.71. The van der Waals surface area contributed by atoms with Crippen molar-refractivity contribution in [2.75, 3.05) is 44.2 Å². The van der Waals surface area contributed by atoms with E-state index in [4.69, 9.17) is 16.3 Å². The molecule has 1 aromatic carbocycles. The number of halogens is 1. The molecule has 1 atom stereocenters. The monoisotopic (exact) mass is 422 g/mol. The number of amides is 3. The average molecular weight is 423 g/mol. The number of anilines is 1. The van der Waals surface area contributed by atoms with E-state index in [-0.39, 0.29) is 18.2 Å². The molecule has 2 saturated heterocycles. The molecule has 0 aliphatic carbocycles. The van der Waals surface area contributed by atoms with Gasteiger partial charge in [0.05, 0.1) is 6.61 Å². The summed E-state index contributed by atoms with van der Waals surface area (Å²) in [6, 6.07) is 5.94. The minimum absolute atomic E-state index is 0.0925. The number of carbonyl (C=O) groups excluding carboxylic acids is 2. The summed E-state index contributed by atoms with van der Waals surface area (Å²) in [5, 5.41) is 6.80. The van der Waals surface area contributed by atoms with E-state index in [0.29, 0.717) is 32.2 Å². The maximum atomic E-state index is 12.3. The second kappa shape index (κ2) is 10.1. The van der Waals surface area contributed by atoms with Crippen LogP contribution in [0.1, 0.15) is 31.7 Å². The van der Waals surface area contributed by atoms with Crippen LogP contribution in [0.2, 0.25) is 5.02 Å². The zero-order valence-electron chi connectivity index (χ0n) is 17.2. The maximum Gasteiger partial charge on any atom is 0.409 e. The highest BCUT2D eigenvalue weighted by Crippen LogP contribution is 2.29. The minimum Gasteiger partial charge on any atom is -0.450 e. The first-order valence-corrected chi connectivity index (χ1v) is 10.8. The standard InChI is InChI=1S/C21H31ClN4O3/c1-3-29-21(28)25-10-7-18(8-11-25)24-20(27)23-13-16-6-9-26(14-16)19-12-17(22)5-4-15(19)2/h4-5,12,16,18H,3,6-11,13-14H2,1-2H3,(H2,23,24,27). The minimum atomic E-state index is -0.267. The van der Waals surface area contributed by atoms with Crippen molar-refractivity contribution in [3.8, 4) is 0 Å². The largest absolute Gasteiger partial charge is 0.450 e. The summed E-state index contributed by atoms with van der Waals surface area (Å²) in [5.74, 6) is 0.421. The number of piperidine rings is 1. The molecule has 7 nitrogen and oxygen atoms in total. The summed E-state index contributed by atoms with van der Waals surface area (Å²) in [4.78, 5) is 28.1. The molecule has 1 aromatic rings. The summed E-state index contributed by atoms with van der Waals surface area (Å²) in [5.41, 5.74) is 2.40. The fourth-order valence-electron chi connectivity index (χ4n) is 4.04. The fraction of sp³-hybridized carbons (Fsp3) is 0.619. The molecule has 8 heteroatoms. The Morgan fingerprint density at radius 1 is 1.21 bits per heavy atom. The summed E-state index contributed by atoms with van der Waals surface area (Å²) < 4.78 is 5.02. The smallest absolute Gasteiger partial charge is 0.409 e. The van der Waals surface area contributed by atoms with Gasteiger partial charge in [0.15, 0.2) is 0 Å². The molecule has 0 saturated carbocycles. The summed E-state index contributed by atoms with van der Waals surface area (Å²) in [6.45, 7) is 8.05. The van der Waals surface area contributed by atoms with Gasteiger partial charge < -0.3 is 25.2 Å². The average Bonchev–Trinajstić information content (AvgIpc) is 3.18. The van der Waals surface area contributed by atoms with Gasteiger partial charge in [-0.15, -0.1) is 0 Å². The predicted molar refractivity (Wildman–Crippen MR) is 115 cm³/mol. The number of benzene rings is 1. The van der Waals surface area contributed by atoms with E-state index in [9.17, 15) is 9.59 Å². The summed E-state index contributed by atoms with van der Waals surface area (Å²) in [7, 11) is 0. The number of hydrogen-bond donors (Lipinski definition) is 2. The molecule has 2 aliphatic rings. The first-order chi connectivity index (χ1) is 14.0. The van der Waals surface area contributed by atoms with E-state index < -0.39 is 0 Å². The zero-order valence-corrected chi connectivity index (χ0v) is 18.0. The summed E-state index contributed by atoms with van der Waals surface area (Å²) >= 11 is 6.15. The third kappa shape index (κ3) is 5.92. The van der Waals surface area contributed by atoms with Crippen molar-refractivity contribution in [3.63, 3.8) is 0 Å². The van der Waals surface area contributed by atoms with Crippen molar-refractivity contribution in [1.82, 2.24) is 15.5 Å². The Kier molecular flexibility index (Phi) is 7.47. The Bertz CT molecular complexity index is 722. The van der Waals surface area contributed by atoms with E-state index in [1.807, 2.05) is 18.2 Å². The number of ether oxygens (including phenoxy) is 1. The SMILES string of the molecule is CCOC(=O)N1CCC(NC(=O)NCC2CCN(c3cc(Cl)ccc3C)C2)CC1. The fourth-order valence-corrected chi connectivity index (χ4v) is 4.20. The predicted octanol–water partition coefficient (Wildman–Crippen LogP) is 3.39. The van der Waals surface area contributed by atoms with Crippen LogP contribution < -0.4 is 15.5 Å². The van der Waals surface area contributed by atoms with Crippen molar-refractivity contribution in [2.24, 2.45) is 5.92 Å². The van der Waals surface area contributed by atoms with E-state index >= 15 is 0 Å². The molecule has 0 radical (unpaired) electrons. The molecule has 3 amide bonds. The van der Waals surface area contributed by atoms with E-state index in [0.717, 1.165) is 37.4 Å². The first-order valence-electron chi connectivity index (χ1n) is 10.4. The van der Waals surface area contributed by atoms with Crippen LogP contribution in [0.3, 0.4) is 0 Å². The van der Waals surface area contributed by atoms with Crippen LogP contribution in [0, 0.1) is 12.8 Å². The van der Waals surface area contributed by atoms with Gasteiger partial charge in [0.1, 0.15) is 0 Å². The van der Waals surface area contributed by atoms with E-state index in [2.05, 4.69) is 22.5 Å². The molecule has 2 aliphatic heterocycles. The number of nitrogens with one attached hydrogen (secondary N) is 2. The highest BCUT2D eigenvalue weighted by Gasteiger charge is 2.26. The van der Waals surface area contributed by atoms with Gasteiger partial charge in [-0.1, -0.05) is 17.7 Å². The zero-order chi connectivity index (χ0) is 20.8. The van der Waals surface area contributed by atoms with Crippen LogP contribution in [-0.2, 0) is 4.74 Å². The number of urea groups is 1. The van der Waals surface area contributed by atoms with Gasteiger partial charge in [-0.05, 0) is 56.7 Å². The van der Waals surface area contributed by atoms with Crippen molar-refractivity contribution in [1.29, 1.82) is 0 Å². The molecular formula is C21H31ClN4O3. The molecule has 2 N–H and O–H groups in total. The topological polar surface area (TPSA) is 73.9 Å². The van der Waals surface area contributed by atoms with Crippen molar-refractivity contribution < 1.29 is 14.3 Å². The van der Waals surface area contributed by atoms with Crippen molar-refractivity contribution >= 4 is 29.4 Å². The van der Waals surface area contributed by atoms with Gasteiger partial charge in [-0.2, -0.15) is 0 Å². The molecule has 2 heterocycles. The van der Waals surface area contributed by atoms with Gasteiger partial charge >= 0.3 is 12.1 Å². The quantitative estimate of drug-likeness (QED) is 0.762. The number of carbonyl (C=O) groups is 2. The Hall–Kier alpha value is -2.15. The van der Waals surface area contributed by atoms with Crippen LogP contribution in [-0.4, -0.2) is 62.4 Å². The lowest BCUT2D eigenvalue weighted by molar-refractivity contribution is 0.0957. The van der Waals surface area contributed by atoms with Gasteiger partial charge in [-0.25, -0.2) is 9.59 Å². The highest BCUT2D eigenvalue weighted by molar-refractivity contribution is 6.30. The van der Waals surface area contributed by atoms with Crippen LogP contribution in [0.4, 0.5) is 15.3 Å². The highest BCUT2D eigenvalue weighted by atomic mass is 35.5. The molecule has 0 bridgehead atoms. The van der Waals surface area contributed by atoms with Gasteiger partial charge in [-0.3, -0.25) is 0 Å². The second-order valence-electron chi connectivity index (χ2n) is 7.85. The van der Waals surface area contributed by atoms with Gasteiger partial charge in [0, 0.05) is 49.5 Å². The number of aryl methyl sites for hydroxylation is 1. The molecule has 0 aromatic heterocycles. The lowest BCUT2D eigenvalue weighted by Crippen LogP contribution is -2.49. The molecule has 2 fully saturated rings. The summed E-state index contributed by atoms with van der Waals surface area (Å²) in [6.07, 6.45) is 2.27. The Morgan fingerprint density at radius 3 is 2.69 bits per heavy atom. The molecule has 0 spiro atoms. The number of rotatable bonds is 5. The normalized spacial score (nSPS) is 19.9. The second-order valence-corrected chi connectivity index (χ2v) is 8.28.